The van der Waals surface area contributed by atoms with Gasteiger partial charge in [0.1, 0.15) is 11.6 Å². The smallest absolute Gasteiger partial charge is 0.255 e. The molecule has 1 aromatic heterocycles. The number of amides is 1. The van der Waals surface area contributed by atoms with Crippen LogP contribution in [-0.2, 0) is 0 Å². The van der Waals surface area contributed by atoms with E-state index in [1.807, 2.05) is 6.92 Å². The molecule has 1 heterocycles. The SMILES string of the molecule is CCNc1cc(C(=O)Nc2ccc(Cl)c(F)c2)ccn1. The van der Waals surface area contributed by atoms with Crippen molar-refractivity contribution in [2.75, 3.05) is 17.2 Å². The lowest BCUT2D eigenvalue weighted by Gasteiger charge is -2.07. The van der Waals surface area contributed by atoms with E-state index < -0.39 is 5.82 Å². The number of halogens is 2. The van der Waals surface area contributed by atoms with E-state index in [0.717, 1.165) is 0 Å². The van der Waals surface area contributed by atoms with Gasteiger partial charge in [-0.15, -0.1) is 0 Å². The van der Waals surface area contributed by atoms with Crippen LogP contribution in [0.1, 0.15) is 17.3 Å². The zero-order valence-electron chi connectivity index (χ0n) is 10.8. The number of hydrogen-bond acceptors (Lipinski definition) is 3. The summed E-state index contributed by atoms with van der Waals surface area (Å²) in [4.78, 5) is 16.1. The molecule has 0 spiro atoms. The normalized spacial score (nSPS) is 10.2. The minimum absolute atomic E-state index is 0.0151. The minimum Gasteiger partial charge on any atom is -0.370 e. The predicted molar refractivity (Wildman–Crippen MR) is 77.8 cm³/mol. The minimum atomic E-state index is -0.576. The first-order chi connectivity index (χ1) is 9.60. The predicted octanol–water partition coefficient (Wildman–Crippen LogP) is 3.56. The molecule has 2 aromatic rings. The highest BCUT2D eigenvalue weighted by Gasteiger charge is 2.08. The molecule has 0 fully saturated rings. The summed E-state index contributed by atoms with van der Waals surface area (Å²) in [6, 6.07) is 7.32. The van der Waals surface area contributed by atoms with Crippen LogP contribution < -0.4 is 10.6 Å². The molecule has 0 saturated carbocycles. The Morgan fingerprint density at radius 2 is 2.15 bits per heavy atom. The largest absolute Gasteiger partial charge is 0.370 e. The Kier molecular flexibility index (Phi) is 4.53. The van der Waals surface area contributed by atoms with Gasteiger partial charge in [-0.1, -0.05) is 11.6 Å². The Bertz CT molecular complexity index is 634. The number of pyridine rings is 1. The standard InChI is InChI=1S/C14H13ClFN3O/c1-2-17-13-7-9(5-6-18-13)14(20)19-10-3-4-11(15)12(16)8-10/h3-8H,2H2,1H3,(H,17,18)(H,19,20). The lowest BCUT2D eigenvalue weighted by Crippen LogP contribution is -2.13. The van der Waals surface area contributed by atoms with Crippen LogP contribution in [0.5, 0.6) is 0 Å². The molecule has 0 unspecified atom stereocenters. The van der Waals surface area contributed by atoms with E-state index in [1.165, 1.54) is 24.4 Å². The third-order valence-corrected chi connectivity index (χ3v) is 2.86. The maximum Gasteiger partial charge on any atom is 0.255 e. The molecular weight excluding hydrogens is 281 g/mol. The second-order valence-electron chi connectivity index (χ2n) is 4.04. The van der Waals surface area contributed by atoms with Crippen LogP contribution >= 0.6 is 11.6 Å². The van der Waals surface area contributed by atoms with Crippen LogP contribution in [0.25, 0.3) is 0 Å². The number of carbonyl (C=O) groups excluding carboxylic acids is 1. The lowest BCUT2D eigenvalue weighted by atomic mass is 10.2. The zero-order chi connectivity index (χ0) is 14.5. The summed E-state index contributed by atoms with van der Waals surface area (Å²) in [6.45, 7) is 2.64. The van der Waals surface area contributed by atoms with Gasteiger partial charge in [0.05, 0.1) is 5.02 Å². The summed E-state index contributed by atoms with van der Waals surface area (Å²) < 4.78 is 13.3. The van der Waals surface area contributed by atoms with Gasteiger partial charge in [-0.05, 0) is 37.3 Å². The van der Waals surface area contributed by atoms with Gasteiger partial charge in [0.2, 0.25) is 0 Å². The lowest BCUT2D eigenvalue weighted by molar-refractivity contribution is 0.102. The number of rotatable bonds is 4. The molecule has 6 heteroatoms. The summed E-state index contributed by atoms with van der Waals surface area (Å²) in [5, 5.41) is 5.63. The molecular formula is C14H13ClFN3O. The van der Waals surface area contributed by atoms with Crippen LogP contribution in [0.2, 0.25) is 5.02 Å². The Morgan fingerprint density at radius 3 is 2.85 bits per heavy atom. The Morgan fingerprint density at radius 1 is 1.35 bits per heavy atom. The molecule has 1 aromatic carbocycles. The zero-order valence-corrected chi connectivity index (χ0v) is 11.5. The number of benzene rings is 1. The van der Waals surface area contributed by atoms with Crippen LogP contribution in [0.4, 0.5) is 15.9 Å². The second kappa shape index (κ2) is 6.34. The van der Waals surface area contributed by atoms with Gasteiger partial charge in [0.25, 0.3) is 5.91 Å². The first-order valence-electron chi connectivity index (χ1n) is 6.06. The van der Waals surface area contributed by atoms with E-state index in [0.29, 0.717) is 23.6 Å². The summed E-state index contributed by atoms with van der Waals surface area (Å²) in [5.74, 6) is -0.303. The molecule has 2 N–H and O–H groups in total. The van der Waals surface area contributed by atoms with Crippen LogP contribution in [-0.4, -0.2) is 17.4 Å². The topological polar surface area (TPSA) is 54.0 Å². The van der Waals surface area contributed by atoms with Crippen LogP contribution in [0, 0.1) is 5.82 Å². The van der Waals surface area contributed by atoms with Crippen molar-refractivity contribution in [3.8, 4) is 0 Å². The van der Waals surface area contributed by atoms with Gasteiger partial charge in [-0.3, -0.25) is 4.79 Å². The molecule has 20 heavy (non-hydrogen) atoms. The maximum atomic E-state index is 13.3. The van der Waals surface area contributed by atoms with Crippen LogP contribution in [0.15, 0.2) is 36.5 Å². The molecule has 0 aliphatic rings. The van der Waals surface area contributed by atoms with Crippen molar-refractivity contribution in [1.29, 1.82) is 0 Å². The van der Waals surface area contributed by atoms with E-state index >= 15 is 0 Å². The Hall–Kier alpha value is -2.14. The molecule has 0 bridgehead atoms. The quantitative estimate of drug-likeness (QED) is 0.906. The fourth-order valence-corrected chi connectivity index (χ4v) is 1.74. The third-order valence-electron chi connectivity index (χ3n) is 2.56. The van der Waals surface area contributed by atoms with E-state index in [9.17, 15) is 9.18 Å². The molecule has 1 amide bonds. The first-order valence-corrected chi connectivity index (χ1v) is 6.44. The average molecular weight is 294 g/mol. The molecule has 0 saturated heterocycles. The van der Waals surface area contributed by atoms with Crippen molar-refractivity contribution < 1.29 is 9.18 Å². The van der Waals surface area contributed by atoms with Gasteiger partial charge in [0, 0.05) is 24.0 Å². The van der Waals surface area contributed by atoms with E-state index in [2.05, 4.69) is 15.6 Å². The van der Waals surface area contributed by atoms with E-state index in [-0.39, 0.29) is 10.9 Å². The molecule has 2 rings (SSSR count). The molecule has 0 aliphatic heterocycles. The number of nitrogens with zero attached hydrogens (tertiary/aromatic N) is 1. The Labute approximate surface area is 121 Å². The van der Waals surface area contributed by atoms with Crippen LogP contribution in [0.3, 0.4) is 0 Å². The summed E-state index contributed by atoms with van der Waals surface area (Å²) >= 11 is 5.59. The summed E-state index contributed by atoms with van der Waals surface area (Å²) in [7, 11) is 0. The maximum absolute atomic E-state index is 13.3. The number of anilines is 2. The molecule has 0 aliphatic carbocycles. The van der Waals surface area contributed by atoms with Crippen molar-refractivity contribution in [3.63, 3.8) is 0 Å². The number of carbonyl (C=O) groups is 1. The van der Waals surface area contributed by atoms with E-state index in [4.69, 9.17) is 11.6 Å². The highest BCUT2D eigenvalue weighted by Crippen LogP contribution is 2.19. The molecule has 0 atom stereocenters. The molecule has 4 nitrogen and oxygen atoms in total. The van der Waals surface area contributed by atoms with Gasteiger partial charge in [-0.25, -0.2) is 9.37 Å². The van der Waals surface area contributed by atoms with Crippen molar-refractivity contribution >= 4 is 29.0 Å². The monoisotopic (exact) mass is 293 g/mol. The second-order valence-corrected chi connectivity index (χ2v) is 4.45. The first kappa shape index (κ1) is 14.3. The van der Waals surface area contributed by atoms with Crippen molar-refractivity contribution in [2.24, 2.45) is 0 Å². The average Bonchev–Trinajstić information content (AvgIpc) is 2.43. The molecule has 0 radical (unpaired) electrons. The third kappa shape index (κ3) is 3.45. The number of aromatic nitrogens is 1. The summed E-state index contributed by atoms with van der Waals surface area (Å²) in [5.41, 5.74) is 0.782. The van der Waals surface area contributed by atoms with Gasteiger partial charge < -0.3 is 10.6 Å². The highest BCUT2D eigenvalue weighted by atomic mass is 35.5. The van der Waals surface area contributed by atoms with Crippen molar-refractivity contribution in [1.82, 2.24) is 4.98 Å². The fraction of sp³-hybridized carbons (Fsp3) is 0.143. The van der Waals surface area contributed by atoms with Gasteiger partial charge in [-0.2, -0.15) is 0 Å². The number of hydrogen-bond donors (Lipinski definition) is 2. The fourth-order valence-electron chi connectivity index (χ4n) is 1.63. The van der Waals surface area contributed by atoms with Gasteiger partial charge >= 0.3 is 0 Å². The Balaban J connectivity index is 2.15. The van der Waals surface area contributed by atoms with E-state index in [1.54, 1.807) is 12.1 Å². The molecule has 104 valence electrons. The van der Waals surface area contributed by atoms with Crippen molar-refractivity contribution in [3.05, 3.63) is 52.9 Å². The van der Waals surface area contributed by atoms with Crippen molar-refractivity contribution in [2.45, 2.75) is 6.92 Å². The highest BCUT2D eigenvalue weighted by molar-refractivity contribution is 6.30. The van der Waals surface area contributed by atoms with Gasteiger partial charge in [0.15, 0.2) is 0 Å². The summed E-state index contributed by atoms with van der Waals surface area (Å²) in [6.07, 6.45) is 1.54. The number of nitrogens with one attached hydrogen (secondary N) is 2.